The van der Waals surface area contributed by atoms with Gasteiger partial charge in [0.1, 0.15) is 0 Å². The lowest BCUT2D eigenvalue weighted by Gasteiger charge is -2.29. The van der Waals surface area contributed by atoms with Crippen molar-refractivity contribution < 1.29 is 27.0 Å². The van der Waals surface area contributed by atoms with Crippen LogP contribution in [-0.2, 0) is 22.3 Å². The summed E-state index contributed by atoms with van der Waals surface area (Å²) in [6, 6.07) is 13.7. The molecule has 2 nitrogen and oxygen atoms in total. The Labute approximate surface area is 191 Å². The number of hydrogen-bond donors (Lipinski definition) is 0. The van der Waals surface area contributed by atoms with Crippen molar-refractivity contribution in [2.45, 2.75) is 38.9 Å². The molecule has 3 aromatic carbocycles. The Hall–Kier alpha value is -2.70. The number of rotatable bonds is 7. The van der Waals surface area contributed by atoms with Gasteiger partial charge in [-0.3, -0.25) is 0 Å². The Balaban J connectivity index is 1.44. The summed E-state index contributed by atoms with van der Waals surface area (Å²) in [5.41, 5.74) is 2.23. The molecule has 0 radical (unpaired) electrons. The number of halogens is 4. The van der Waals surface area contributed by atoms with Crippen molar-refractivity contribution in [2.75, 3.05) is 13.2 Å². The van der Waals surface area contributed by atoms with Gasteiger partial charge in [0, 0.05) is 17.0 Å². The summed E-state index contributed by atoms with van der Waals surface area (Å²) in [5, 5.41) is 0. The average molecular weight is 458 g/mol. The Morgan fingerprint density at radius 2 is 1.52 bits per heavy atom. The predicted molar refractivity (Wildman–Crippen MR) is 119 cm³/mol. The highest BCUT2D eigenvalue weighted by atomic mass is 19.2. The first kappa shape index (κ1) is 23.5. The topological polar surface area (TPSA) is 18.5 Å². The van der Waals surface area contributed by atoms with Crippen LogP contribution in [0.25, 0.3) is 11.1 Å². The smallest absolute Gasteiger partial charge is 0.183 e. The molecule has 1 heterocycles. The number of benzene rings is 3. The molecule has 0 N–H and O–H groups in total. The van der Waals surface area contributed by atoms with Gasteiger partial charge in [0.15, 0.2) is 29.6 Å². The Kier molecular flexibility index (Phi) is 7.46. The SMILES string of the molecule is CCCC1COC(c2ccc(-c3ccc(CCc4ccc(F)c(F)c4)c(F)c3F)cc2)OC1. The van der Waals surface area contributed by atoms with E-state index in [1.807, 2.05) is 0 Å². The van der Waals surface area contributed by atoms with E-state index in [4.69, 9.17) is 9.47 Å². The maximum Gasteiger partial charge on any atom is 0.183 e. The normalized spacial score (nSPS) is 18.5. The first-order valence-electron chi connectivity index (χ1n) is 11.2. The maximum atomic E-state index is 14.8. The fraction of sp³-hybridized carbons (Fsp3) is 0.333. The molecule has 4 rings (SSSR count). The molecule has 33 heavy (non-hydrogen) atoms. The first-order chi connectivity index (χ1) is 16.0. The van der Waals surface area contributed by atoms with E-state index >= 15 is 0 Å². The van der Waals surface area contributed by atoms with Gasteiger partial charge >= 0.3 is 0 Å². The van der Waals surface area contributed by atoms with Crippen molar-refractivity contribution in [3.63, 3.8) is 0 Å². The second kappa shape index (κ2) is 10.5. The molecule has 0 unspecified atom stereocenters. The molecule has 1 fully saturated rings. The van der Waals surface area contributed by atoms with Crippen LogP contribution in [0.5, 0.6) is 0 Å². The molecule has 0 atom stereocenters. The van der Waals surface area contributed by atoms with Crippen LogP contribution in [0, 0.1) is 29.2 Å². The van der Waals surface area contributed by atoms with E-state index in [9.17, 15) is 17.6 Å². The van der Waals surface area contributed by atoms with Gasteiger partial charge in [-0.1, -0.05) is 55.8 Å². The van der Waals surface area contributed by atoms with Gasteiger partial charge < -0.3 is 9.47 Å². The van der Waals surface area contributed by atoms with Crippen LogP contribution in [-0.4, -0.2) is 13.2 Å². The van der Waals surface area contributed by atoms with E-state index in [0.717, 1.165) is 30.5 Å². The number of hydrogen-bond acceptors (Lipinski definition) is 2. The minimum Gasteiger partial charge on any atom is -0.348 e. The lowest BCUT2D eigenvalue weighted by Crippen LogP contribution is -2.26. The molecular formula is C27H26F4O2. The molecule has 3 aromatic rings. The number of ether oxygens (including phenoxy) is 2. The molecule has 0 bridgehead atoms. The fourth-order valence-electron chi connectivity index (χ4n) is 4.11. The number of aryl methyl sites for hydroxylation is 2. The van der Waals surface area contributed by atoms with Crippen molar-refractivity contribution >= 4 is 0 Å². The summed E-state index contributed by atoms with van der Waals surface area (Å²) in [6.45, 7) is 3.42. The zero-order valence-corrected chi connectivity index (χ0v) is 18.4. The summed E-state index contributed by atoms with van der Waals surface area (Å²) >= 11 is 0. The summed E-state index contributed by atoms with van der Waals surface area (Å²) in [4.78, 5) is 0. The Bertz CT molecular complexity index is 1090. The van der Waals surface area contributed by atoms with E-state index < -0.39 is 29.6 Å². The molecule has 1 saturated heterocycles. The minimum absolute atomic E-state index is 0.157. The summed E-state index contributed by atoms with van der Waals surface area (Å²) in [7, 11) is 0. The van der Waals surface area contributed by atoms with Gasteiger partial charge in [-0.15, -0.1) is 0 Å². The van der Waals surface area contributed by atoms with E-state index in [1.54, 1.807) is 24.3 Å². The lowest BCUT2D eigenvalue weighted by atomic mass is 9.98. The van der Waals surface area contributed by atoms with Crippen LogP contribution in [0.2, 0.25) is 0 Å². The van der Waals surface area contributed by atoms with E-state index in [0.29, 0.717) is 30.3 Å². The molecule has 174 valence electrons. The van der Waals surface area contributed by atoms with Gasteiger partial charge in [0.25, 0.3) is 0 Å². The van der Waals surface area contributed by atoms with Gasteiger partial charge in [0.05, 0.1) is 13.2 Å². The van der Waals surface area contributed by atoms with Gasteiger partial charge in [0.2, 0.25) is 0 Å². The summed E-state index contributed by atoms with van der Waals surface area (Å²) in [5.74, 6) is -3.35. The van der Waals surface area contributed by atoms with Crippen LogP contribution in [0.3, 0.4) is 0 Å². The average Bonchev–Trinajstić information content (AvgIpc) is 2.83. The van der Waals surface area contributed by atoms with Crippen molar-refractivity contribution in [3.05, 3.63) is 94.6 Å². The zero-order chi connectivity index (χ0) is 23.4. The largest absolute Gasteiger partial charge is 0.348 e. The quantitative estimate of drug-likeness (QED) is 0.350. The highest BCUT2D eigenvalue weighted by Gasteiger charge is 2.23. The van der Waals surface area contributed by atoms with Crippen molar-refractivity contribution in [2.24, 2.45) is 5.92 Å². The Morgan fingerprint density at radius 1 is 0.788 bits per heavy atom. The summed E-state index contributed by atoms with van der Waals surface area (Å²) in [6.07, 6.45) is 2.13. The molecular weight excluding hydrogens is 432 g/mol. The third kappa shape index (κ3) is 5.45. The second-order valence-corrected chi connectivity index (χ2v) is 8.42. The third-order valence-corrected chi connectivity index (χ3v) is 5.99. The van der Waals surface area contributed by atoms with Gasteiger partial charge in [-0.05, 0) is 48.1 Å². The molecule has 0 saturated carbocycles. The molecule has 1 aliphatic heterocycles. The predicted octanol–water partition coefficient (Wildman–Crippen LogP) is 7.16. The highest BCUT2D eigenvalue weighted by Crippen LogP contribution is 2.31. The van der Waals surface area contributed by atoms with Crippen LogP contribution >= 0.6 is 0 Å². The molecule has 6 heteroatoms. The standard InChI is InChI=1S/C27H26F4O2/c1-2-3-18-15-32-27(33-16-18)21-9-7-19(8-10-21)22-12-11-20(25(30)26(22)31)6-4-17-5-13-23(28)24(29)14-17/h5,7-14,18,27H,2-4,6,15-16H2,1H3. The molecule has 0 aliphatic carbocycles. The van der Waals surface area contributed by atoms with Crippen LogP contribution in [0.4, 0.5) is 17.6 Å². The van der Waals surface area contributed by atoms with Gasteiger partial charge in [-0.2, -0.15) is 0 Å². The second-order valence-electron chi connectivity index (χ2n) is 8.42. The van der Waals surface area contributed by atoms with Crippen molar-refractivity contribution in [1.82, 2.24) is 0 Å². The minimum atomic E-state index is -0.956. The Morgan fingerprint density at radius 3 is 2.18 bits per heavy atom. The molecule has 0 spiro atoms. The molecule has 1 aliphatic rings. The van der Waals surface area contributed by atoms with Crippen LogP contribution in [0.1, 0.15) is 42.7 Å². The fourth-order valence-corrected chi connectivity index (χ4v) is 4.11. The zero-order valence-electron chi connectivity index (χ0n) is 18.4. The highest BCUT2D eigenvalue weighted by molar-refractivity contribution is 5.65. The van der Waals surface area contributed by atoms with E-state index in [1.165, 1.54) is 18.2 Å². The summed E-state index contributed by atoms with van der Waals surface area (Å²) < 4.78 is 67.6. The van der Waals surface area contributed by atoms with Crippen LogP contribution < -0.4 is 0 Å². The first-order valence-corrected chi connectivity index (χ1v) is 11.2. The lowest BCUT2D eigenvalue weighted by molar-refractivity contribution is -0.206. The monoisotopic (exact) mass is 458 g/mol. The van der Waals surface area contributed by atoms with E-state index in [2.05, 4.69) is 6.92 Å². The van der Waals surface area contributed by atoms with Gasteiger partial charge in [-0.25, -0.2) is 17.6 Å². The maximum absolute atomic E-state index is 14.8. The van der Waals surface area contributed by atoms with E-state index in [-0.39, 0.29) is 24.0 Å². The third-order valence-electron chi connectivity index (χ3n) is 5.99. The molecule has 0 aromatic heterocycles. The van der Waals surface area contributed by atoms with Crippen molar-refractivity contribution in [1.29, 1.82) is 0 Å². The van der Waals surface area contributed by atoms with Crippen LogP contribution in [0.15, 0.2) is 54.6 Å². The molecule has 0 amide bonds. The van der Waals surface area contributed by atoms with Crippen molar-refractivity contribution in [3.8, 4) is 11.1 Å².